The number of sulfonamides is 1. The van der Waals surface area contributed by atoms with Crippen LogP contribution in [0.1, 0.15) is 29.8 Å². The number of nitrogens with zero attached hydrogens (tertiary/aromatic N) is 2. The number of amides is 1. The predicted octanol–water partition coefficient (Wildman–Crippen LogP) is 3.79. The van der Waals surface area contributed by atoms with Crippen molar-refractivity contribution in [2.45, 2.75) is 25.3 Å². The second kappa shape index (κ2) is 9.56. The molecule has 0 radical (unpaired) electrons. The van der Waals surface area contributed by atoms with E-state index in [-0.39, 0.29) is 30.1 Å². The van der Waals surface area contributed by atoms with Gasteiger partial charge in [0.25, 0.3) is 5.91 Å². The Morgan fingerprint density at radius 2 is 1.79 bits per heavy atom. The van der Waals surface area contributed by atoms with Crippen LogP contribution in [0.4, 0.5) is 4.39 Å². The lowest BCUT2D eigenvalue weighted by Gasteiger charge is -2.21. The highest BCUT2D eigenvalue weighted by molar-refractivity contribution is 7.89. The van der Waals surface area contributed by atoms with Crippen LogP contribution in [0.2, 0.25) is 5.02 Å². The number of rotatable bonds is 8. The molecule has 0 aromatic heterocycles. The Kier molecular flexibility index (Phi) is 7.62. The molecule has 0 saturated carbocycles. The SMILES string of the molecule is CCN(CC)S(=O)(=O)c1ccc(F)c(C(=O)N(C)Cc2cc(Cl)ccc2OC)c1. The molecule has 2 aromatic carbocycles. The maximum absolute atomic E-state index is 14.4. The van der Waals surface area contributed by atoms with E-state index < -0.39 is 21.7 Å². The summed E-state index contributed by atoms with van der Waals surface area (Å²) in [6.07, 6.45) is 0. The van der Waals surface area contributed by atoms with Crippen LogP contribution in [0.5, 0.6) is 5.75 Å². The molecular weight excluding hydrogens is 419 g/mol. The first-order chi connectivity index (χ1) is 13.6. The zero-order valence-electron chi connectivity index (χ0n) is 16.8. The summed E-state index contributed by atoms with van der Waals surface area (Å²) < 4.78 is 46.3. The van der Waals surface area contributed by atoms with Gasteiger partial charge in [-0.05, 0) is 36.4 Å². The maximum atomic E-state index is 14.4. The molecule has 0 aliphatic heterocycles. The van der Waals surface area contributed by atoms with Crippen LogP contribution in [0.25, 0.3) is 0 Å². The first kappa shape index (κ1) is 23.1. The zero-order chi connectivity index (χ0) is 21.8. The smallest absolute Gasteiger partial charge is 0.256 e. The quantitative estimate of drug-likeness (QED) is 0.623. The van der Waals surface area contributed by atoms with E-state index in [2.05, 4.69) is 0 Å². The number of carbonyl (C=O) groups is 1. The number of benzene rings is 2. The van der Waals surface area contributed by atoms with Crippen LogP contribution in [0, 0.1) is 5.82 Å². The van der Waals surface area contributed by atoms with Crippen molar-refractivity contribution in [2.75, 3.05) is 27.2 Å². The van der Waals surface area contributed by atoms with Crippen molar-refractivity contribution < 1.29 is 22.3 Å². The van der Waals surface area contributed by atoms with E-state index >= 15 is 0 Å². The van der Waals surface area contributed by atoms with Crippen molar-refractivity contribution in [3.63, 3.8) is 0 Å². The number of hydrogen-bond donors (Lipinski definition) is 0. The van der Waals surface area contributed by atoms with Crippen LogP contribution in [0.15, 0.2) is 41.3 Å². The van der Waals surface area contributed by atoms with Crippen molar-refractivity contribution in [1.29, 1.82) is 0 Å². The summed E-state index contributed by atoms with van der Waals surface area (Å²) in [5.74, 6) is -0.910. The Labute approximate surface area is 175 Å². The van der Waals surface area contributed by atoms with E-state index in [1.54, 1.807) is 32.0 Å². The van der Waals surface area contributed by atoms with Crippen molar-refractivity contribution in [1.82, 2.24) is 9.21 Å². The van der Waals surface area contributed by atoms with Crippen LogP contribution >= 0.6 is 11.6 Å². The van der Waals surface area contributed by atoms with E-state index in [9.17, 15) is 17.6 Å². The first-order valence-electron chi connectivity index (χ1n) is 9.03. The van der Waals surface area contributed by atoms with Crippen LogP contribution in [-0.4, -0.2) is 50.8 Å². The summed E-state index contributed by atoms with van der Waals surface area (Å²) in [7, 11) is -0.827. The molecule has 6 nitrogen and oxygen atoms in total. The first-order valence-corrected chi connectivity index (χ1v) is 10.8. The Balaban J connectivity index is 2.37. The Hall–Kier alpha value is -2.16. The summed E-state index contributed by atoms with van der Waals surface area (Å²) in [5.41, 5.74) is 0.324. The monoisotopic (exact) mass is 442 g/mol. The van der Waals surface area contributed by atoms with E-state index in [4.69, 9.17) is 16.3 Å². The number of methoxy groups -OCH3 is 1. The van der Waals surface area contributed by atoms with Gasteiger partial charge in [-0.25, -0.2) is 12.8 Å². The molecule has 29 heavy (non-hydrogen) atoms. The fourth-order valence-electron chi connectivity index (χ4n) is 2.94. The van der Waals surface area contributed by atoms with Gasteiger partial charge in [0.2, 0.25) is 10.0 Å². The Morgan fingerprint density at radius 3 is 2.38 bits per heavy atom. The zero-order valence-corrected chi connectivity index (χ0v) is 18.3. The third-order valence-corrected chi connectivity index (χ3v) is 6.79. The number of hydrogen-bond acceptors (Lipinski definition) is 4. The second-order valence-corrected chi connectivity index (χ2v) is 8.72. The van der Waals surface area contributed by atoms with Gasteiger partial charge in [0.1, 0.15) is 11.6 Å². The van der Waals surface area contributed by atoms with Crippen LogP contribution < -0.4 is 4.74 Å². The largest absolute Gasteiger partial charge is 0.496 e. The minimum Gasteiger partial charge on any atom is -0.496 e. The summed E-state index contributed by atoms with van der Waals surface area (Å²) in [6, 6.07) is 8.23. The van der Waals surface area contributed by atoms with Gasteiger partial charge in [-0.2, -0.15) is 4.31 Å². The molecule has 0 atom stereocenters. The van der Waals surface area contributed by atoms with Gasteiger partial charge >= 0.3 is 0 Å². The highest BCUT2D eigenvalue weighted by atomic mass is 35.5. The third kappa shape index (κ3) is 5.07. The molecule has 0 N–H and O–H groups in total. The number of halogens is 2. The van der Waals surface area contributed by atoms with Crippen molar-refractivity contribution >= 4 is 27.5 Å². The van der Waals surface area contributed by atoms with Crippen LogP contribution in [0.3, 0.4) is 0 Å². The lowest BCUT2D eigenvalue weighted by atomic mass is 10.1. The summed E-state index contributed by atoms with van der Waals surface area (Å²) >= 11 is 6.02. The summed E-state index contributed by atoms with van der Waals surface area (Å²) in [4.78, 5) is 14.0. The van der Waals surface area contributed by atoms with Gasteiger partial charge in [-0.15, -0.1) is 0 Å². The highest BCUT2D eigenvalue weighted by Crippen LogP contribution is 2.25. The molecule has 2 rings (SSSR count). The third-order valence-electron chi connectivity index (χ3n) is 4.51. The summed E-state index contributed by atoms with van der Waals surface area (Å²) in [6.45, 7) is 4.07. The molecule has 0 unspecified atom stereocenters. The fourth-order valence-corrected chi connectivity index (χ4v) is 4.62. The van der Waals surface area contributed by atoms with Gasteiger partial charge in [0.05, 0.1) is 17.6 Å². The minimum atomic E-state index is -3.82. The molecule has 0 heterocycles. The second-order valence-electron chi connectivity index (χ2n) is 6.35. The fraction of sp³-hybridized carbons (Fsp3) is 0.350. The molecule has 0 spiro atoms. The average Bonchev–Trinajstić information content (AvgIpc) is 2.68. The predicted molar refractivity (Wildman–Crippen MR) is 110 cm³/mol. The topological polar surface area (TPSA) is 66.9 Å². The standard InChI is InChI=1S/C20H24ClFN2O4S/c1-5-24(6-2)29(26,27)16-8-9-18(22)17(12-16)20(25)23(3)13-14-11-15(21)7-10-19(14)28-4/h7-12H,5-6,13H2,1-4H3. The van der Waals surface area contributed by atoms with E-state index in [0.29, 0.717) is 16.3 Å². The number of ether oxygens (including phenoxy) is 1. The van der Waals surface area contributed by atoms with Gasteiger partial charge in [0, 0.05) is 37.3 Å². The van der Waals surface area contributed by atoms with Crippen LogP contribution in [-0.2, 0) is 16.6 Å². The van der Waals surface area contributed by atoms with E-state index in [0.717, 1.165) is 12.1 Å². The minimum absolute atomic E-state index is 0.106. The molecule has 0 aliphatic rings. The van der Waals surface area contributed by atoms with E-state index in [1.165, 1.54) is 29.4 Å². The molecule has 1 amide bonds. The Morgan fingerprint density at radius 1 is 1.14 bits per heavy atom. The van der Waals surface area contributed by atoms with Gasteiger partial charge in [-0.1, -0.05) is 25.4 Å². The lowest BCUT2D eigenvalue weighted by molar-refractivity contribution is 0.0779. The highest BCUT2D eigenvalue weighted by Gasteiger charge is 2.25. The molecule has 9 heteroatoms. The molecule has 0 aliphatic carbocycles. The van der Waals surface area contributed by atoms with Crippen molar-refractivity contribution in [3.8, 4) is 5.75 Å². The summed E-state index contributed by atoms with van der Waals surface area (Å²) in [5, 5.41) is 0.472. The number of carbonyl (C=O) groups excluding carboxylic acids is 1. The van der Waals surface area contributed by atoms with Crippen molar-refractivity contribution in [3.05, 3.63) is 58.4 Å². The lowest BCUT2D eigenvalue weighted by Crippen LogP contribution is -2.31. The van der Waals surface area contributed by atoms with Gasteiger partial charge < -0.3 is 9.64 Å². The van der Waals surface area contributed by atoms with E-state index in [1.807, 2.05) is 0 Å². The van der Waals surface area contributed by atoms with Crippen molar-refractivity contribution in [2.24, 2.45) is 0 Å². The molecule has 0 bridgehead atoms. The maximum Gasteiger partial charge on any atom is 0.256 e. The molecule has 0 saturated heterocycles. The molecule has 2 aromatic rings. The van der Waals surface area contributed by atoms with Gasteiger partial charge in [-0.3, -0.25) is 4.79 Å². The van der Waals surface area contributed by atoms with Gasteiger partial charge in [0.15, 0.2) is 0 Å². The molecule has 0 fully saturated rings. The molecule has 158 valence electrons. The Bertz CT molecular complexity index is 994. The normalized spacial score (nSPS) is 11.6. The molecular formula is C20H24ClFN2O4S. The average molecular weight is 443 g/mol.